The number of nitrogens with zero attached hydrogens (tertiary/aromatic N) is 1. The van der Waals surface area contributed by atoms with Crippen molar-refractivity contribution in [1.82, 2.24) is 0 Å². The van der Waals surface area contributed by atoms with Crippen LogP contribution in [0.2, 0.25) is 5.02 Å². The molecule has 0 saturated carbocycles. The number of carboxylic acids is 1. The third-order valence-electron chi connectivity index (χ3n) is 3.54. The van der Waals surface area contributed by atoms with Crippen LogP contribution in [-0.2, 0) is 13.0 Å². The third-order valence-corrected chi connectivity index (χ3v) is 3.85. The molecule has 0 saturated heterocycles. The van der Waals surface area contributed by atoms with Crippen molar-refractivity contribution in [3.63, 3.8) is 0 Å². The molecule has 0 aliphatic heterocycles. The van der Waals surface area contributed by atoms with E-state index in [0.717, 1.165) is 16.8 Å². The number of anilines is 1. The Kier molecular flexibility index (Phi) is 4.93. The first-order valence-corrected chi connectivity index (χ1v) is 7.35. The fraction of sp³-hybridized carbons (Fsp3) is 0.235. The molecule has 0 aromatic heterocycles. The van der Waals surface area contributed by atoms with Gasteiger partial charge in [0.05, 0.1) is 16.3 Å². The lowest BCUT2D eigenvalue weighted by Crippen LogP contribution is -2.17. The maximum atomic E-state index is 11.2. The summed E-state index contributed by atoms with van der Waals surface area (Å²) in [5.74, 6) is -0.778. The van der Waals surface area contributed by atoms with Crippen LogP contribution in [0.4, 0.5) is 5.69 Å². The largest absolute Gasteiger partial charge is 0.508 e. The molecule has 0 radical (unpaired) electrons. The lowest BCUT2D eigenvalue weighted by molar-refractivity contribution is 0.0695. The number of rotatable bonds is 5. The molecule has 0 aliphatic carbocycles. The lowest BCUT2D eigenvalue weighted by Gasteiger charge is -2.21. The Morgan fingerprint density at radius 2 is 1.95 bits per heavy atom. The van der Waals surface area contributed by atoms with Gasteiger partial charge in [-0.1, -0.05) is 30.7 Å². The number of aromatic carboxylic acids is 1. The van der Waals surface area contributed by atoms with E-state index in [-0.39, 0.29) is 5.75 Å². The second-order valence-corrected chi connectivity index (χ2v) is 5.55. The quantitative estimate of drug-likeness (QED) is 0.876. The zero-order valence-electron chi connectivity index (χ0n) is 12.5. The van der Waals surface area contributed by atoms with Gasteiger partial charge in [-0.3, -0.25) is 0 Å². The standard InChI is InChI=1S/C17H18ClNO3/c1-3-12-8-11(4-6-14(12)17(21)22)10-19(2)16-7-5-13(20)9-15(16)18/h4-9,20H,3,10H2,1-2H3,(H,21,22). The highest BCUT2D eigenvalue weighted by Gasteiger charge is 2.12. The van der Waals surface area contributed by atoms with Crippen LogP contribution in [0.5, 0.6) is 5.75 Å². The first kappa shape index (κ1) is 16.2. The van der Waals surface area contributed by atoms with Crippen molar-refractivity contribution in [2.24, 2.45) is 0 Å². The second-order valence-electron chi connectivity index (χ2n) is 5.14. The average Bonchev–Trinajstić information content (AvgIpc) is 2.46. The summed E-state index contributed by atoms with van der Waals surface area (Å²) in [6, 6.07) is 10.2. The Morgan fingerprint density at radius 3 is 2.55 bits per heavy atom. The molecule has 2 rings (SSSR count). The number of aromatic hydroxyl groups is 1. The number of hydrogen-bond acceptors (Lipinski definition) is 3. The maximum Gasteiger partial charge on any atom is 0.335 e. The predicted molar refractivity (Wildman–Crippen MR) is 88.0 cm³/mol. The van der Waals surface area contributed by atoms with Gasteiger partial charge >= 0.3 is 5.97 Å². The zero-order chi connectivity index (χ0) is 16.3. The molecule has 0 bridgehead atoms. The summed E-state index contributed by atoms with van der Waals surface area (Å²) in [6.07, 6.45) is 0.666. The van der Waals surface area contributed by atoms with Crippen LogP contribution in [0, 0.1) is 0 Å². The molecule has 0 amide bonds. The van der Waals surface area contributed by atoms with Gasteiger partial charge in [0.15, 0.2) is 0 Å². The van der Waals surface area contributed by atoms with Crippen LogP contribution in [0.15, 0.2) is 36.4 Å². The molecule has 0 atom stereocenters. The van der Waals surface area contributed by atoms with Crippen LogP contribution in [0.3, 0.4) is 0 Å². The highest BCUT2D eigenvalue weighted by atomic mass is 35.5. The fourth-order valence-corrected chi connectivity index (χ4v) is 2.73. The van der Waals surface area contributed by atoms with Crippen molar-refractivity contribution < 1.29 is 15.0 Å². The van der Waals surface area contributed by atoms with Crippen LogP contribution < -0.4 is 4.90 Å². The number of benzene rings is 2. The van der Waals surface area contributed by atoms with Gasteiger partial charge in [-0.25, -0.2) is 4.79 Å². The SMILES string of the molecule is CCc1cc(CN(C)c2ccc(O)cc2Cl)ccc1C(=O)O. The summed E-state index contributed by atoms with van der Waals surface area (Å²) < 4.78 is 0. The molecular weight excluding hydrogens is 302 g/mol. The normalized spacial score (nSPS) is 10.5. The van der Waals surface area contributed by atoms with Crippen molar-refractivity contribution in [3.8, 4) is 5.75 Å². The van der Waals surface area contributed by atoms with E-state index in [2.05, 4.69) is 0 Å². The zero-order valence-corrected chi connectivity index (χ0v) is 13.3. The Labute approximate surface area is 134 Å². The number of halogens is 1. The summed E-state index contributed by atoms with van der Waals surface area (Å²) in [5.41, 5.74) is 2.97. The predicted octanol–water partition coefficient (Wildman–Crippen LogP) is 3.94. The first-order chi connectivity index (χ1) is 10.4. The number of phenolic OH excluding ortho intramolecular Hbond substituents is 1. The van der Waals surface area contributed by atoms with Crippen LogP contribution in [0.1, 0.15) is 28.4 Å². The van der Waals surface area contributed by atoms with Gasteiger partial charge in [-0.15, -0.1) is 0 Å². The van der Waals surface area contributed by atoms with Gasteiger partial charge in [-0.05, 0) is 35.7 Å². The number of hydrogen-bond donors (Lipinski definition) is 2. The summed E-state index contributed by atoms with van der Waals surface area (Å²) in [7, 11) is 1.90. The molecular formula is C17H18ClNO3. The molecule has 0 heterocycles. The van der Waals surface area contributed by atoms with Crippen molar-refractivity contribution >= 4 is 23.3 Å². The van der Waals surface area contributed by atoms with E-state index in [1.807, 2.05) is 31.0 Å². The van der Waals surface area contributed by atoms with Gasteiger partial charge in [0.2, 0.25) is 0 Å². The average molecular weight is 320 g/mol. The minimum atomic E-state index is -0.904. The third kappa shape index (κ3) is 3.52. The smallest absolute Gasteiger partial charge is 0.335 e. The van der Waals surface area contributed by atoms with Gasteiger partial charge in [0, 0.05) is 19.7 Å². The van der Waals surface area contributed by atoms with Gasteiger partial charge in [0.1, 0.15) is 5.75 Å². The minimum Gasteiger partial charge on any atom is -0.508 e. The molecule has 0 spiro atoms. The Hall–Kier alpha value is -2.20. The summed E-state index contributed by atoms with van der Waals surface area (Å²) in [6.45, 7) is 2.53. The molecule has 2 aromatic rings. The van der Waals surface area contributed by atoms with Gasteiger partial charge < -0.3 is 15.1 Å². The van der Waals surface area contributed by atoms with Gasteiger partial charge in [0.25, 0.3) is 0 Å². The van der Waals surface area contributed by atoms with E-state index in [9.17, 15) is 9.90 Å². The molecule has 0 aliphatic rings. The number of aryl methyl sites for hydroxylation is 1. The van der Waals surface area contributed by atoms with Crippen LogP contribution in [-0.4, -0.2) is 23.2 Å². The molecule has 0 fully saturated rings. The van der Waals surface area contributed by atoms with E-state index in [1.165, 1.54) is 6.07 Å². The van der Waals surface area contributed by atoms with E-state index >= 15 is 0 Å². The Bertz CT molecular complexity index is 700. The molecule has 22 heavy (non-hydrogen) atoms. The monoisotopic (exact) mass is 319 g/mol. The van der Waals surface area contributed by atoms with E-state index in [1.54, 1.807) is 18.2 Å². The number of carboxylic acid groups (broad SMARTS) is 1. The van der Waals surface area contributed by atoms with E-state index < -0.39 is 5.97 Å². The fourth-order valence-electron chi connectivity index (χ4n) is 2.41. The summed E-state index contributed by atoms with van der Waals surface area (Å²) >= 11 is 6.14. The lowest BCUT2D eigenvalue weighted by atomic mass is 10.0. The molecule has 0 unspecified atom stereocenters. The Balaban J connectivity index is 2.24. The summed E-state index contributed by atoms with van der Waals surface area (Å²) in [4.78, 5) is 13.1. The van der Waals surface area contributed by atoms with Gasteiger partial charge in [-0.2, -0.15) is 0 Å². The Morgan fingerprint density at radius 1 is 1.23 bits per heavy atom. The highest BCUT2D eigenvalue weighted by molar-refractivity contribution is 6.33. The minimum absolute atomic E-state index is 0.126. The van der Waals surface area contributed by atoms with Crippen molar-refractivity contribution in [1.29, 1.82) is 0 Å². The van der Waals surface area contributed by atoms with Crippen molar-refractivity contribution in [2.75, 3.05) is 11.9 Å². The molecule has 2 aromatic carbocycles. The number of phenols is 1. The van der Waals surface area contributed by atoms with Crippen LogP contribution >= 0.6 is 11.6 Å². The highest BCUT2D eigenvalue weighted by Crippen LogP contribution is 2.29. The van der Waals surface area contributed by atoms with E-state index in [0.29, 0.717) is 23.6 Å². The van der Waals surface area contributed by atoms with E-state index in [4.69, 9.17) is 16.7 Å². The topological polar surface area (TPSA) is 60.8 Å². The summed E-state index contributed by atoms with van der Waals surface area (Å²) in [5, 5.41) is 19.0. The second kappa shape index (κ2) is 6.71. The maximum absolute atomic E-state index is 11.2. The first-order valence-electron chi connectivity index (χ1n) is 6.97. The van der Waals surface area contributed by atoms with Crippen molar-refractivity contribution in [3.05, 3.63) is 58.1 Å². The molecule has 5 heteroatoms. The number of carbonyl (C=O) groups is 1. The molecule has 2 N–H and O–H groups in total. The van der Waals surface area contributed by atoms with Crippen molar-refractivity contribution in [2.45, 2.75) is 19.9 Å². The van der Waals surface area contributed by atoms with Crippen LogP contribution in [0.25, 0.3) is 0 Å². The molecule has 116 valence electrons. The molecule has 4 nitrogen and oxygen atoms in total.